The second-order valence-corrected chi connectivity index (χ2v) is 7.58. The number of fused-ring (bicyclic) bond motifs is 1. The molecule has 3 rings (SSSR count). The van der Waals surface area contributed by atoms with Gasteiger partial charge in [0, 0.05) is 27.1 Å². The van der Waals surface area contributed by atoms with Crippen LogP contribution in [0.3, 0.4) is 0 Å². The lowest BCUT2D eigenvalue weighted by Crippen LogP contribution is -2.11. The molecule has 5 N–H and O–H groups in total. The minimum Gasteiger partial charge on any atom is -0.359 e. The van der Waals surface area contributed by atoms with Gasteiger partial charge in [0.1, 0.15) is 0 Å². The third kappa shape index (κ3) is 5.67. The number of rotatable bonds is 2. The minimum atomic E-state index is -4.64. The first-order valence-electron chi connectivity index (χ1n) is 7.17. The molecule has 0 saturated carbocycles. The molecule has 0 radical (unpaired) electrons. The van der Waals surface area contributed by atoms with Crippen molar-refractivity contribution in [3.63, 3.8) is 0 Å². The van der Waals surface area contributed by atoms with Gasteiger partial charge in [0.2, 0.25) is 0 Å². The molecule has 3 aromatic rings. The van der Waals surface area contributed by atoms with E-state index in [9.17, 15) is 4.79 Å². The summed E-state index contributed by atoms with van der Waals surface area (Å²) in [5, 5.41) is 4.27. The summed E-state index contributed by atoms with van der Waals surface area (Å²) >= 11 is 9.70. The van der Waals surface area contributed by atoms with Crippen molar-refractivity contribution in [1.29, 1.82) is 0 Å². The minimum absolute atomic E-state index is 0.160. The highest BCUT2D eigenvalue weighted by atomic mass is 79.9. The zero-order valence-corrected chi connectivity index (χ0v) is 16.6. The quantitative estimate of drug-likeness (QED) is 0.366. The molecular formula is C16H15BrClN2O5P. The average molecular weight is 462 g/mol. The van der Waals surface area contributed by atoms with Crippen LogP contribution < -0.4 is 5.32 Å². The van der Waals surface area contributed by atoms with Crippen molar-refractivity contribution in [3.05, 3.63) is 63.2 Å². The summed E-state index contributed by atoms with van der Waals surface area (Å²) in [6.45, 7) is 1.98. The van der Waals surface area contributed by atoms with Gasteiger partial charge in [-0.1, -0.05) is 29.3 Å². The Morgan fingerprint density at radius 3 is 2.31 bits per heavy atom. The molecule has 1 amide bonds. The van der Waals surface area contributed by atoms with E-state index in [1.165, 1.54) is 0 Å². The van der Waals surface area contributed by atoms with Gasteiger partial charge in [-0.2, -0.15) is 0 Å². The molecule has 0 aliphatic carbocycles. The van der Waals surface area contributed by atoms with Crippen LogP contribution in [-0.2, 0) is 4.57 Å². The van der Waals surface area contributed by atoms with Crippen molar-refractivity contribution in [3.8, 4) is 0 Å². The predicted octanol–water partition coefficient (Wildman–Crippen LogP) is 4.22. The number of carbonyl (C=O) groups is 1. The highest BCUT2D eigenvalue weighted by Gasteiger charge is 2.13. The van der Waals surface area contributed by atoms with E-state index in [0.29, 0.717) is 16.3 Å². The van der Waals surface area contributed by atoms with Crippen LogP contribution in [0.5, 0.6) is 0 Å². The number of benzene rings is 2. The van der Waals surface area contributed by atoms with Crippen LogP contribution in [0, 0.1) is 6.92 Å². The number of aromatic amines is 1. The largest absolute Gasteiger partial charge is 0.466 e. The zero-order chi connectivity index (χ0) is 19.5. The highest BCUT2D eigenvalue weighted by molar-refractivity contribution is 9.10. The monoisotopic (exact) mass is 460 g/mol. The number of hydrogen-bond donors (Lipinski definition) is 5. The standard InChI is InChI=1S/C16H12BrClN2O.H3O4P/c1-9-2-4-10(5-3-9)16(21)20-13-8-19-12-7-6-11(17)15(18)14(12)13;1-5(2,3)4/h2-8,19H,1H3,(H,20,21);(H3,1,2,3,4). The Bertz CT molecular complexity index is 976. The molecule has 0 atom stereocenters. The van der Waals surface area contributed by atoms with E-state index in [-0.39, 0.29) is 5.91 Å². The molecule has 0 bridgehead atoms. The maximum Gasteiger partial charge on any atom is 0.466 e. The Morgan fingerprint density at radius 1 is 1.15 bits per heavy atom. The van der Waals surface area contributed by atoms with Gasteiger partial charge in [0.25, 0.3) is 5.91 Å². The number of aryl methyl sites for hydroxylation is 1. The van der Waals surface area contributed by atoms with Gasteiger partial charge in [-0.25, -0.2) is 4.57 Å². The Hall–Kier alpha value is -1.67. The second-order valence-electron chi connectivity index (χ2n) is 5.32. The Morgan fingerprint density at radius 2 is 1.73 bits per heavy atom. The Kier molecular flexibility index (Phi) is 6.63. The van der Waals surface area contributed by atoms with E-state index < -0.39 is 7.82 Å². The normalized spacial score (nSPS) is 11.0. The van der Waals surface area contributed by atoms with Crippen molar-refractivity contribution in [2.45, 2.75) is 6.92 Å². The molecule has 0 unspecified atom stereocenters. The summed E-state index contributed by atoms with van der Waals surface area (Å²) in [6, 6.07) is 11.2. The number of carbonyl (C=O) groups excluding carboxylic acids is 1. The summed E-state index contributed by atoms with van der Waals surface area (Å²) in [5.41, 5.74) is 3.27. The third-order valence-corrected chi connectivity index (χ3v) is 4.58. The van der Waals surface area contributed by atoms with E-state index in [0.717, 1.165) is 20.9 Å². The van der Waals surface area contributed by atoms with E-state index in [1.54, 1.807) is 18.3 Å². The van der Waals surface area contributed by atoms with Gasteiger partial charge in [-0.15, -0.1) is 0 Å². The number of anilines is 1. The van der Waals surface area contributed by atoms with Crippen LogP contribution >= 0.6 is 35.4 Å². The first kappa shape index (κ1) is 20.6. The summed E-state index contributed by atoms with van der Waals surface area (Å²) in [4.78, 5) is 36.9. The molecule has 26 heavy (non-hydrogen) atoms. The number of aromatic nitrogens is 1. The van der Waals surface area contributed by atoms with Crippen molar-refractivity contribution in [2.24, 2.45) is 0 Å². The molecule has 0 fully saturated rings. The van der Waals surface area contributed by atoms with E-state index in [1.807, 2.05) is 31.2 Å². The lowest BCUT2D eigenvalue weighted by atomic mass is 10.1. The fraction of sp³-hybridized carbons (Fsp3) is 0.0625. The molecule has 0 saturated heterocycles. The number of amides is 1. The smallest absolute Gasteiger partial charge is 0.359 e. The Labute approximate surface area is 162 Å². The highest BCUT2D eigenvalue weighted by Crippen LogP contribution is 2.35. The molecule has 0 aliphatic heterocycles. The van der Waals surface area contributed by atoms with Crippen molar-refractivity contribution >= 4 is 57.9 Å². The summed E-state index contributed by atoms with van der Waals surface area (Å²) in [6.07, 6.45) is 1.75. The summed E-state index contributed by atoms with van der Waals surface area (Å²) < 4.78 is 9.68. The zero-order valence-electron chi connectivity index (χ0n) is 13.4. The first-order chi connectivity index (χ1) is 12.1. The maximum atomic E-state index is 12.3. The van der Waals surface area contributed by atoms with Crippen LogP contribution in [0.1, 0.15) is 15.9 Å². The maximum absolute atomic E-state index is 12.3. The molecule has 10 heteroatoms. The number of hydrogen-bond acceptors (Lipinski definition) is 2. The van der Waals surface area contributed by atoms with Gasteiger partial charge >= 0.3 is 7.82 Å². The average Bonchev–Trinajstić information content (AvgIpc) is 2.93. The van der Waals surface area contributed by atoms with Crippen LogP contribution in [0.2, 0.25) is 5.02 Å². The fourth-order valence-electron chi connectivity index (χ4n) is 2.15. The van der Waals surface area contributed by atoms with Crippen LogP contribution in [0.25, 0.3) is 10.9 Å². The number of H-pyrrole nitrogens is 1. The molecule has 1 aromatic heterocycles. The van der Waals surface area contributed by atoms with Gasteiger partial charge in [-0.3, -0.25) is 4.79 Å². The van der Waals surface area contributed by atoms with Crippen molar-refractivity contribution in [2.75, 3.05) is 5.32 Å². The van der Waals surface area contributed by atoms with Crippen LogP contribution in [0.15, 0.2) is 47.1 Å². The first-order valence-corrected chi connectivity index (χ1v) is 9.91. The fourth-order valence-corrected chi connectivity index (χ4v) is 2.75. The number of phosphoric acid groups is 1. The molecular weight excluding hydrogens is 447 g/mol. The molecule has 0 spiro atoms. The summed E-state index contributed by atoms with van der Waals surface area (Å²) in [5.74, 6) is -0.160. The van der Waals surface area contributed by atoms with Gasteiger partial charge in [0.05, 0.1) is 10.7 Å². The molecule has 2 aromatic carbocycles. The van der Waals surface area contributed by atoms with E-state index in [4.69, 9.17) is 30.8 Å². The lowest BCUT2D eigenvalue weighted by molar-refractivity contribution is 0.102. The third-order valence-electron chi connectivity index (χ3n) is 3.30. The molecule has 138 valence electrons. The Balaban J connectivity index is 0.000000431. The molecule has 7 nitrogen and oxygen atoms in total. The van der Waals surface area contributed by atoms with Gasteiger partial charge in [0.15, 0.2) is 0 Å². The van der Waals surface area contributed by atoms with Gasteiger partial charge in [-0.05, 0) is 47.1 Å². The van der Waals surface area contributed by atoms with Crippen LogP contribution in [-0.4, -0.2) is 25.6 Å². The second kappa shape index (κ2) is 8.35. The van der Waals surface area contributed by atoms with E-state index in [2.05, 4.69) is 26.2 Å². The number of nitrogens with one attached hydrogen (secondary N) is 2. The predicted molar refractivity (Wildman–Crippen MR) is 104 cm³/mol. The number of halogens is 2. The van der Waals surface area contributed by atoms with Crippen molar-refractivity contribution < 1.29 is 24.0 Å². The van der Waals surface area contributed by atoms with E-state index >= 15 is 0 Å². The molecule has 0 aliphatic rings. The summed E-state index contributed by atoms with van der Waals surface area (Å²) in [7, 11) is -4.64. The van der Waals surface area contributed by atoms with Crippen LogP contribution in [0.4, 0.5) is 5.69 Å². The SMILES string of the molecule is Cc1ccc(C(=O)Nc2c[nH]c3ccc(Br)c(Cl)c23)cc1.O=P(O)(O)O. The molecule has 1 heterocycles. The van der Waals surface area contributed by atoms with Crippen molar-refractivity contribution in [1.82, 2.24) is 4.98 Å². The van der Waals surface area contributed by atoms with Gasteiger partial charge < -0.3 is 25.0 Å². The lowest BCUT2D eigenvalue weighted by Gasteiger charge is -2.06. The topological polar surface area (TPSA) is 123 Å².